The van der Waals surface area contributed by atoms with Crippen LogP contribution in [-0.4, -0.2) is 56.0 Å². The summed E-state index contributed by atoms with van der Waals surface area (Å²) in [7, 11) is 0. The predicted molar refractivity (Wildman–Crippen MR) is 144 cm³/mol. The lowest BCUT2D eigenvalue weighted by Crippen LogP contribution is -2.52. The molecule has 3 aliphatic heterocycles. The fraction of sp³-hybridized carbons (Fsp3) is 0.407. The first-order chi connectivity index (χ1) is 18.6. The maximum Gasteiger partial charge on any atom is 0.177 e. The van der Waals surface area contributed by atoms with E-state index in [1.165, 1.54) is 18.2 Å². The molecule has 0 unspecified atom stereocenters. The lowest BCUT2D eigenvalue weighted by molar-refractivity contribution is 0.0431. The summed E-state index contributed by atoms with van der Waals surface area (Å²) in [5.41, 5.74) is 8.86. The molecule has 11 heteroatoms. The van der Waals surface area contributed by atoms with Gasteiger partial charge in [0.2, 0.25) is 0 Å². The summed E-state index contributed by atoms with van der Waals surface area (Å²) in [5, 5.41) is 12.0. The number of nitrogens with zero attached hydrogens (tertiary/aromatic N) is 5. The van der Waals surface area contributed by atoms with Crippen molar-refractivity contribution in [2.45, 2.75) is 59.2 Å². The second-order valence-corrected chi connectivity index (χ2v) is 11.8. The van der Waals surface area contributed by atoms with Gasteiger partial charge in [0, 0.05) is 37.7 Å². The van der Waals surface area contributed by atoms with Crippen molar-refractivity contribution in [2.24, 2.45) is 5.73 Å². The molecule has 1 aromatic carbocycles. The largest absolute Gasteiger partial charge is 0.486 e. The maximum absolute atomic E-state index is 6.64. The monoisotopic (exact) mass is 528 g/mol. The van der Waals surface area contributed by atoms with Gasteiger partial charge in [-0.3, -0.25) is 5.10 Å². The highest BCUT2D eigenvalue weighted by molar-refractivity contribution is 7.99. The van der Waals surface area contributed by atoms with Gasteiger partial charge >= 0.3 is 0 Å². The number of H-pyrrole nitrogens is 1. The van der Waals surface area contributed by atoms with Gasteiger partial charge in [0.1, 0.15) is 29.3 Å². The molecule has 6 heterocycles. The van der Waals surface area contributed by atoms with Gasteiger partial charge in [0.05, 0.1) is 22.7 Å². The summed E-state index contributed by atoms with van der Waals surface area (Å²) in [6.45, 7) is 2.27. The third-order valence-electron chi connectivity index (χ3n) is 8.56. The molecule has 0 amide bonds. The van der Waals surface area contributed by atoms with Crippen LogP contribution in [0.4, 0.5) is 11.6 Å². The van der Waals surface area contributed by atoms with Gasteiger partial charge in [-0.25, -0.2) is 15.0 Å². The Morgan fingerprint density at radius 3 is 2.76 bits per heavy atom. The molecular formula is C27H28N8O2S. The van der Waals surface area contributed by atoms with E-state index >= 15 is 0 Å². The van der Waals surface area contributed by atoms with Crippen molar-refractivity contribution in [2.75, 3.05) is 29.9 Å². The quantitative estimate of drug-likeness (QED) is 0.358. The van der Waals surface area contributed by atoms with Gasteiger partial charge in [-0.1, -0.05) is 30.0 Å². The number of aromatic amines is 1. The summed E-state index contributed by atoms with van der Waals surface area (Å²) in [4.78, 5) is 17.4. The van der Waals surface area contributed by atoms with Gasteiger partial charge in [0.25, 0.3) is 0 Å². The average molecular weight is 529 g/mol. The fourth-order valence-electron chi connectivity index (χ4n) is 6.13. The number of hydrogen-bond acceptors (Lipinski definition) is 10. The molecule has 1 atom stereocenters. The van der Waals surface area contributed by atoms with Gasteiger partial charge < -0.3 is 25.4 Å². The van der Waals surface area contributed by atoms with Crippen LogP contribution in [0.5, 0.6) is 11.5 Å². The highest BCUT2D eigenvalue weighted by Crippen LogP contribution is 2.48. The maximum atomic E-state index is 6.64. The van der Waals surface area contributed by atoms with E-state index < -0.39 is 0 Å². The minimum atomic E-state index is -0.353. The minimum Gasteiger partial charge on any atom is -0.486 e. The van der Waals surface area contributed by atoms with Crippen molar-refractivity contribution in [3.05, 3.63) is 48.3 Å². The lowest BCUT2D eigenvalue weighted by atomic mass is 9.77. The van der Waals surface area contributed by atoms with Gasteiger partial charge in [-0.15, -0.1) is 0 Å². The SMILES string of the molecule is N[C@@H]1c2ccccc2OC12CCN(c1cnc3c(Sc4ccnc5c4OCC4(CCC4)N5)n[nH]c3n1)CC2. The van der Waals surface area contributed by atoms with E-state index in [1.54, 1.807) is 0 Å². The molecule has 0 radical (unpaired) electrons. The van der Waals surface area contributed by atoms with Crippen molar-refractivity contribution in [1.29, 1.82) is 0 Å². The Labute approximate surface area is 223 Å². The van der Waals surface area contributed by atoms with Crippen LogP contribution in [0.2, 0.25) is 0 Å². The molecule has 2 fully saturated rings. The standard InChI is InChI=1S/C27H28N8O2S/c28-22-16-4-1-2-5-17(16)37-27(22)9-12-35(13-10-27)19-14-30-20-23(31-19)33-34-25(20)38-18-6-11-29-24-21(18)36-15-26(32-24)7-3-8-26/h1-2,4-6,11,14,22H,3,7-10,12-13,15,28H2,(H,29,32)(H,31,33,34)/t22-/m1/s1. The van der Waals surface area contributed by atoms with Crippen LogP contribution < -0.4 is 25.4 Å². The van der Waals surface area contributed by atoms with Crippen molar-refractivity contribution in [1.82, 2.24) is 25.1 Å². The zero-order valence-electron chi connectivity index (χ0n) is 20.8. The number of anilines is 2. The molecule has 8 rings (SSSR count). The van der Waals surface area contributed by atoms with Gasteiger partial charge in [-0.2, -0.15) is 5.10 Å². The number of aromatic nitrogens is 5. The van der Waals surface area contributed by atoms with Crippen LogP contribution in [0.3, 0.4) is 0 Å². The predicted octanol–water partition coefficient (Wildman–Crippen LogP) is 4.06. The zero-order chi connectivity index (χ0) is 25.3. The molecule has 1 aliphatic carbocycles. The van der Waals surface area contributed by atoms with E-state index in [4.69, 9.17) is 25.2 Å². The first-order valence-corrected chi connectivity index (χ1v) is 14.0. The van der Waals surface area contributed by atoms with Crippen LogP contribution in [0, 0.1) is 0 Å². The topological polar surface area (TPSA) is 127 Å². The Kier molecular flexibility index (Phi) is 4.84. The summed E-state index contributed by atoms with van der Waals surface area (Å²) < 4.78 is 12.6. The smallest absolute Gasteiger partial charge is 0.177 e. The molecule has 4 N–H and O–H groups in total. The minimum absolute atomic E-state index is 0.0528. The van der Waals surface area contributed by atoms with E-state index in [0.29, 0.717) is 12.3 Å². The number of ether oxygens (including phenoxy) is 2. The average Bonchev–Trinajstić information content (AvgIpc) is 3.46. The molecule has 194 valence electrons. The number of fused-ring (bicyclic) bond motifs is 3. The molecule has 38 heavy (non-hydrogen) atoms. The summed E-state index contributed by atoms with van der Waals surface area (Å²) >= 11 is 1.52. The molecule has 3 aromatic heterocycles. The molecule has 10 nitrogen and oxygen atoms in total. The van der Waals surface area contributed by atoms with E-state index in [1.807, 2.05) is 36.7 Å². The highest BCUT2D eigenvalue weighted by atomic mass is 32.2. The number of rotatable bonds is 3. The van der Waals surface area contributed by atoms with Crippen LogP contribution >= 0.6 is 11.8 Å². The summed E-state index contributed by atoms with van der Waals surface area (Å²) in [6, 6.07) is 9.96. The Bertz CT molecular complexity index is 1550. The van der Waals surface area contributed by atoms with Crippen molar-refractivity contribution in [3.8, 4) is 11.5 Å². The van der Waals surface area contributed by atoms with Crippen LogP contribution in [0.1, 0.15) is 43.7 Å². The molecule has 4 aromatic rings. The molecule has 2 spiro atoms. The Hall–Kier alpha value is -3.57. The number of pyridine rings is 1. The van der Waals surface area contributed by atoms with Crippen molar-refractivity contribution in [3.63, 3.8) is 0 Å². The lowest BCUT2D eigenvalue weighted by Gasteiger charge is -2.45. The first-order valence-electron chi connectivity index (χ1n) is 13.2. The molecule has 1 saturated carbocycles. The number of nitrogens with one attached hydrogen (secondary N) is 2. The van der Waals surface area contributed by atoms with Gasteiger partial charge in [-0.05, 0) is 31.4 Å². The normalized spacial score (nSPS) is 22.3. The molecular weight excluding hydrogens is 500 g/mol. The van der Waals surface area contributed by atoms with Crippen molar-refractivity contribution >= 4 is 34.6 Å². The Balaban J connectivity index is 0.997. The number of para-hydroxylation sites is 1. The van der Waals surface area contributed by atoms with Crippen molar-refractivity contribution < 1.29 is 9.47 Å². The van der Waals surface area contributed by atoms with Gasteiger partial charge in [0.15, 0.2) is 22.2 Å². The van der Waals surface area contributed by atoms with E-state index in [2.05, 4.69) is 31.5 Å². The van der Waals surface area contributed by atoms with E-state index in [9.17, 15) is 0 Å². The van der Waals surface area contributed by atoms with Crippen LogP contribution in [0.15, 0.2) is 52.6 Å². The molecule has 4 aliphatic rings. The highest BCUT2D eigenvalue weighted by Gasteiger charge is 2.48. The fourth-order valence-corrected chi connectivity index (χ4v) is 7.05. The van der Waals surface area contributed by atoms with E-state index in [-0.39, 0.29) is 17.2 Å². The number of piperidine rings is 1. The molecule has 0 bridgehead atoms. The third-order valence-corrected chi connectivity index (χ3v) is 9.58. The number of nitrogens with two attached hydrogens (primary N) is 1. The Morgan fingerprint density at radius 1 is 1.08 bits per heavy atom. The first kappa shape index (κ1) is 22.4. The number of benzene rings is 1. The second-order valence-electron chi connectivity index (χ2n) is 10.8. The zero-order valence-corrected chi connectivity index (χ0v) is 21.6. The second kappa shape index (κ2) is 8.21. The summed E-state index contributed by atoms with van der Waals surface area (Å²) in [6.07, 6.45) is 8.79. The van der Waals surface area contributed by atoms with E-state index in [0.717, 1.165) is 82.9 Å². The van der Waals surface area contributed by atoms with Crippen LogP contribution in [0.25, 0.3) is 11.2 Å². The molecule has 1 saturated heterocycles. The number of hydrogen-bond donors (Lipinski definition) is 3. The Morgan fingerprint density at radius 2 is 1.95 bits per heavy atom. The van der Waals surface area contributed by atoms with Crippen LogP contribution in [-0.2, 0) is 0 Å². The summed E-state index contributed by atoms with van der Waals surface area (Å²) in [5.74, 6) is 3.34. The third kappa shape index (κ3) is 3.37.